The molecular weight excluding hydrogens is 334 g/mol. The number of benzene rings is 1. The molecule has 1 nitrogen and oxygen atoms in total. The summed E-state index contributed by atoms with van der Waals surface area (Å²) >= 11 is 0. The fourth-order valence-corrected chi connectivity index (χ4v) is 1.08. The molecule has 0 spiro atoms. The van der Waals surface area contributed by atoms with Crippen molar-refractivity contribution in [2.24, 2.45) is 0 Å². The van der Waals surface area contributed by atoms with Crippen LogP contribution in [-0.2, 0) is 26.2 Å². The van der Waals surface area contributed by atoms with Gasteiger partial charge in [0.1, 0.15) is 5.75 Å². The standard InChI is InChI=1S/C7H9.C6H6O.2ClH.Zr/c1-6-4-3-5-7(6)2;7-6-4-2-1-3-5-6;;;/h4H,3H2,1-2H3;1-5,7H;2*1H;/q-1;;;;+3/p-2. The summed E-state index contributed by atoms with van der Waals surface area (Å²) in [5, 5.41) is 8.63. The van der Waals surface area contributed by atoms with Gasteiger partial charge < -0.3 is 29.9 Å². The van der Waals surface area contributed by atoms with E-state index in [-0.39, 0.29) is 51.0 Å². The number of halogens is 2. The second-order valence-corrected chi connectivity index (χ2v) is 3.23. The van der Waals surface area contributed by atoms with Crippen LogP contribution in [0.4, 0.5) is 0 Å². The van der Waals surface area contributed by atoms with E-state index in [9.17, 15) is 0 Å². The number of hydrogen-bond acceptors (Lipinski definition) is 1. The molecular formula is C13H15Cl2OZr. The normalized spacial score (nSPS) is 11.4. The van der Waals surface area contributed by atoms with E-state index in [1.165, 1.54) is 11.1 Å². The predicted octanol–water partition coefficient (Wildman–Crippen LogP) is -2.52. The summed E-state index contributed by atoms with van der Waals surface area (Å²) in [6.07, 6.45) is 6.41. The van der Waals surface area contributed by atoms with E-state index in [1.54, 1.807) is 24.3 Å². The van der Waals surface area contributed by atoms with Gasteiger partial charge >= 0.3 is 26.2 Å². The van der Waals surface area contributed by atoms with Gasteiger partial charge in [-0.25, -0.2) is 11.1 Å². The number of phenols is 1. The molecule has 0 aliphatic heterocycles. The summed E-state index contributed by atoms with van der Waals surface area (Å²) in [5.41, 5.74) is 2.71. The average Bonchev–Trinajstić information content (AvgIpc) is 2.53. The van der Waals surface area contributed by atoms with Crippen molar-refractivity contribution >= 4 is 0 Å². The Bertz CT molecular complexity index is 332. The van der Waals surface area contributed by atoms with Crippen LogP contribution in [0.1, 0.15) is 20.3 Å². The SMILES string of the molecule is CC1=[C-]CC=C1C.Oc1ccccc1.[Cl-].[Cl-].[Zr+3]. The van der Waals surface area contributed by atoms with Gasteiger partial charge in [0.15, 0.2) is 0 Å². The molecule has 0 unspecified atom stereocenters. The molecule has 0 aromatic heterocycles. The molecule has 91 valence electrons. The minimum absolute atomic E-state index is 0. The van der Waals surface area contributed by atoms with Crippen molar-refractivity contribution in [3.05, 3.63) is 53.6 Å². The Labute approximate surface area is 135 Å². The van der Waals surface area contributed by atoms with Gasteiger partial charge in [-0.1, -0.05) is 25.1 Å². The van der Waals surface area contributed by atoms with Crippen molar-refractivity contribution in [2.75, 3.05) is 0 Å². The van der Waals surface area contributed by atoms with E-state index in [1.807, 2.05) is 6.07 Å². The van der Waals surface area contributed by atoms with E-state index in [2.05, 4.69) is 26.0 Å². The monoisotopic (exact) mass is 347 g/mol. The maximum Gasteiger partial charge on any atom is 3.00 e. The Hall–Kier alpha value is -0.0369. The number of hydrogen-bond donors (Lipinski definition) is 1. The fourth-order valence-electron chi connectivity index (χ4n) is 1.08. The van der Waals surface area contributed by atoms with E-state index >= 15 is 0 Å². The van der Waals surface area contributed by atoms with Gasteiger partial charge in [0.2, 0.25) is 0 Å². The first-order valence-corrected chi connectivity index (χ1v) is 4.68. The largest absolute Gasteiger partial charge is 3.00 e. The Morgan fingerprint density at radius 1 is 1.06 bits per heavy atom. The molecule has 2 rings (SSSR count). The zero-order chi connectivity index (χ0) is 10.4. The van der Waals surface area contributed by atoms with Gasteiger partial charge in [-0.3, -0.25) is 6.08 Å². The number of allylic oxidation sites excluding steroid dienone is 4. The molecule has 1 aliphatic carbocycles. The Balaban J connectivity index is -0.000000196. The van der Waals surface area contributed by atoms with Crippen molar-refractivity contribution in [1.82, 2.24) is 0 Å². The van der Waals surface area contributed by atoms with E-state index in [4.69, 9.17) is 5.11 Å². The molecule has 1 radical (unpaired) electrons. The molecule has 0 bridgehead atoms. The van der Waals surface area contributed by atoms with Crippen LogP contribution in [0.3, 0.4) is 0 Å². The maximum absolute atomic E-state index is 8.63. The van der Waals surface area contributed by atoms with Crippen LogP contribution in [0.5, 0.6) is 5.75 Å². The Morgan fingerprint density at radius 2 is 1.59 bits per heavy atom. The number of rotatable bonds is 0. The van der Waals surface area contributed by atoms with E-state index in [0.717, 1.165) is 6.42 Å². The smallest absolute Gasteiger partial charge is 1.00 e. The van der Waals surface area contributed by atoms with Crippen LogP contribution in [0.2, 0.25) is 0 Å². The molecule has 0 saturated heterocycles. The average molecular weight is 349 g/mol. The summed E-state index contributed by atoms with van der Waals surface area (Å²) in [6, 6.07) is 8.71. The topological polar surface area (TPSA) is 20.2 Å². The van der Waals surface area contributed by atoms with Crippen LogP contribution in [-0.4, -0.2) is 5.11 Å². The van der Waals surface area contributed by atoms with Gasteiger partial charge in [-0.15, -0.1) is 13.3 Å². The third kappa shape index (κ3) is 9.65. The number of phenolic OH excluding ortho intramolecular Hbond substituents is 1. The minimum Gasteiger partial charge on any atom is -1.00 e. The third-order valence-electron chi connectivity index (χ3n) is 2.12. The van der Waals surface area contributed by atoms with Crippen molar-refractivity contribution in [2.45, 2.75) is 20.3 Å². The Kier molecular flexibility index (Phi) is 16.2. The summed E-state index contributed by atoms with van der Waals surface area (Å²) in [7, 11) is 0. The third-order valence-corrected chi connectivity index (χ3v) is 2.12. The van der Waals surface area contributed by atoms with Gasteiger partial charge in [-0.2, -0.15) is 6.08 Å². The number of para-hydroxylation sites is 1. The molecule has 1 N–H and O–H groups in total. The second-order valence-electron chi connectivity index (χ2n) is 3.23. The molecule has 1 aromatic carbocycles. The predicted molar refractivity (Wildman–Crippen MR) is 58.9 cm³/mol. The number of aromatic hydroxyl groups is 1. The van der Waals surface area contributed by atoms with Crippen LogP contribution in [0.25, 0.3) is 0 Å². The Morgan fingerprint density at radius 3 is 1.76 bits per heavy atom. The second kappa shape index (κ2) is 12.4. The fraction of sp³-hybridized carbons (Fsp3) is 0.231. The van der Waals surface area contributed by atoms with Crippen LogP contribution in [0, 0.1) is 6.08 Å². The van der Waals surface area contributed by atoms with Gasteiger partial charge in [0.05, 0.1) is 0 Å². The van der Waals surface area contributed by atoms with E-state index in [0.29, 0.717) is 5.75 Å². The molecule has 1 aromatic rings. The first kappa shape index (κ1) is 22.2. The van der Waals surface area contributed by atoms with Crippen LogP contribution in [0.15, 0.2) is 47.6 Å². The van der Waals surface area contributed by atoms with Crippen LogP contribution >= 0.6 is 0 Å². The van der Waals surface area contributed by atoms with Crippen molar-refractivity contribution in [1.29, 1.82) is 0 Å². The zero-order valence-corrected chi connectivity index (χ0v) is 13.8. The molecule has 0 saturated carbocycles. The van der Waals surface area contributed by atoms with Crippen LogP contribution < -0.4 is 24.8 Å². The molecule has 0 atom stereocenters. The minimum atomic E-state index is 0. The molecule has 4 heteroatoms. The van der Waals surface area contributed by atoms with Gasteiger partial charge in [0.25, 0.3) is 0 Å². The van der Waals surface area contributed by atoms with Gasteiger partial charge in [-0.05, 0) is 12.1 Å². The van der Waals surface area contributed by atoms with E-state index < -0.39 is 0 Å². The molecule has 1 aliphatic rings. The van der Waals surface area contributed by atoms with Gasteiger partial charge in [0, 0.05) is 0 Å². The maximum atomic E-state index is 8.63. The summed E-state index contributed by atoms with van der Waals surface area (Å²) in [6.45, 7) is 4.22. The van der Waals surface area contributed by atoms with Crippen molar-refractivity contribution in [3.63, 3.8) is 0 Å². The molecule has 0 amide bonds. The van der Waals surface area contributed by atoms with Crippen molar-refractivity contribution < 1.29 is 56.1 Å². The zero-order valence-electron chi connectivity index (χ0n) is 9.87. The molecule has 0 heterocycles. The molecule has 0 fully saturated rings. The first-order chi connectivity index (χ1) is 6.70. The quantitative estimate of drug-likeness (QED) is 0.513. The summed E-state index contributed by atoms with van der Waals surface area (Å²) < 4.78 is 0. The summed E-state index contributed by atoms with van der Waals surface area (Å²) in [4.78, 5) is 0. The first-order valence-electron chi connectivity index (χ1n) is 4.68. The molecule has 17 heavy (non-hydrogen) atoms. The van der Waals surface area contributed by atoms with Crippen molar-refractivity contribution in [3.8, 4) is 5.75 Å². The summed E-state index contributed by atoms with van der Waals surface area (Å²) in [5.74, 6) is 0.322.